The summed E-state index contributed by atoms with van der Waals surface area (Å²) in [7, 11) is 0. The van der Waals surface area contributed by atoms with Crippen molar-refractivity contribution in [1.29, 1.82) is 0 Å². The van der Waals surface area contributed by atoms with E-state index in [2.05, 4.69) is 0 Å². The van der Waals surface area contributed by atoms with Crippen molar-refractivity contribution in [3.05, 3.63) is 35.4 Å². The summed E-state index contributed by atoms with van der Waals surface area (Å²) >= 11 is 0. The van der Waals surface area contributed by atoms with Crippen LogP contribution < -0.4 is 0 Å². The minimum Gasteiger partial charge on any atom is -0.478 e. The van der Waals surface area contributed by atoms with E-state index in [-0.39, 0.29) is 23.5 Å². The van der Waals surface area contributed by atoms with E-state index in [1.54, 1.807) is 0 Å². The van der Waals surface area contributed by atoms with Gasteiger partial charge in [-0.15, -0.1) is 0 Å². The molecule has 108 valence electrons. The second-order valence-electron chi connectivity index (χ2n) is 4.75. The highest BCUT2D eigenvalue weighted by Gasteiger charge is 2.16. The summed E-state index contributed by atoms with van der Waals surface area (Å²) in [5.41, 5.74) is 0.0349. The van der Waals surface area contributed by atoms with Gasteiger partial charge in [0.05, 0.1) is 11.1 Å². The van der Waals surface area contributed by atoms with Crippen LogP contribution in [0.2, 0.25) is 0 Å². The predicted molar refractivity (Wildman–Crippen MR) is 72.5 cm³/mol. The van der Waals surface area contributed by atoms with Crippen molar-refractivity contribution in [2.45, 2.75) is 33.1 Å². The molecule has 1 aromatic rings. The van der Waals surface area contributed by atoms with Crippen LogP contribution >= 0.6 is 0 Å². The average Bonchev–Trinajstić information content (AvgIpc) is 2.38. The molecule has 0 fully saturated rings. The molecule has 1 unspecified atom stereocenters. The van der Waals surface area contributed by atoms with Gasteiger partial charge in [-0.1, -0.05) is 32.8 Å². The van der Waals surface area contributed by atoms with Crippen LogP contribution in [0.3, 0.4) is 0 Å². The lowest BCUT2D eigenvalue weighted by molar-refractivity contribution is -0.138. The maximum Gasteiger partial charge on any atom is 0.345 e. The molecule has 0 heterocycles. The van der Waals surface area contributed by atoms with Gasteiger partial charge in [-0.25, -0.2) is 9.59 Å². The van der Waals surface area contributed by atoms with Gasteiger partial charge < -0.3 is 9.84 Å². The van der Waals surface area contributed by atoms with Gasteiger partial charge in [0.25, 0.3) is 0 Å². The van der Waals surface area contributed by atoms with Gasteiger partial charge in [0.15, 0.2) is 0 Å². The molecule has 5 heteroatoms. The van der Waals surface area contributed by atoms with Crippen molar-refractivity contribution >= 4 is 17.9 Å². The monoisotopic (exact) mass is 278 g/mol. The summed E-state index contributed by atoms with van der Waals surface area (Å²) < 4.78 is 4.72. The Morgan fingerprint density at radius 1 is 1.25 bits per heavy atom. The van der Waals surface area contributed by atoms with Crippen molar-refractivity contribution in [2.75, 3.05) is 0 Å². The van der Waals surface area contributed by atoms with Crippen LogP contribution in [0.4, 0.5) is 0 Å². The number of benzene rings is 1. The highest BCUT2D eigenvalue weighted by atomic mass is 16.6. The van der Waals surface area contributed by atoms with E-state index >= 15 is 0 Å². The molecule has 1 aromatic carbocycles. The standard InChI is InChI=1S/C15H18O5/c1-3-5-10(2)8-13(16)20-15(19)12-7-4-6-11(9-12)14(17)18/h4,6-7,9-10H,3,5,8H2,1-2H3,(H,17,18). The van der Waals surface area contributed by atoms with Crippen LogP contribution in [0.15, 0.2) is 24.3 Å². The minimum absolute atomic E-state index is 0.0220. The highest BCUT2D eigenvalue weighted by Crippen LogP contribution is 2.12. The van der Waals surface area contributed by atoms with E-state index < -0.39 is 17.9 Å². The molecule has 20 heavy (non-hydrogen) atoms. The van der Waals surface area contributed by atoms with Crippen molar-refractivity contribution in [2.24, 2.45) is 5.92 Å². The summed E-state index contributed by atoms with van der Waals surface area (Å²) in [6.07, 6.45) is 2.03. The van der Waals surface area contributed by atoms with Crippen LogP contribution in [0, 0.1) is 5.92 Å². The lowest BCUT2D eigenvalue weighted by atomic mass is 10.0. The summed E-state index contributed by atoms with van der Waals surface area (Å²) in [6, 6.07) is 5.40. The van der Waals surface area contributed by atoms with Gasteiger partial charge in [0, 0.05) is 6.42 Å². The van der Waals surface area contributed by atoms with E-state index in [4.69, 9.17) is 9.84 Å². The number of rotatable bonds is 6. The van der Waals surface area contributed by atoms with Crippen molar-refractivity contribution < 1.29 is 24.2 Å². The van der Waals surface area contributed by atoms with E-state index in [1.807, 2.05) is 13.8 Å². The summed E-state index contributed by atoms with van der Waals surface area (Å²) in [5.74, 6) is -2.38. The molecule has 0 bridgehead atoms. The summed E-state index contributed by atoms with van der Waals surface area (Å²) in [5, 5.41) is 8.83. The highest BCUT2D eigenvalue weighted by molar-refractivity contribution is 5.99. The minimum atomic E-state index is -1.14. The Hall–Kier alpha value is -2.17. The Morgan fingerprint density at radius 2 is 1.90 bits per heavy atom. The molecule has 0 aliphatic rings. The Morgan fingerprint density at radius 3 is 2.50 bits per heavy atom. The van der Waals surface area contributed by atoms with Crippen LogP contribution in [0.25, 0.3) is 0 Å². The van der Waals surface area contributed by atoms with E-state index in [1.165, 1.54) is 24.3 Å². The Bertz CT molecular complexity index is 507. The molecule has 0 spiro atoms. The molecule has 0 saturated heterocycles. The van der Waals surface area contributed by atoms with Gasteiger partial charge in [-0.2, -0.15) is 0 Å². The first-order valence-electron chi connectivity index (χ1n) is 6.52. The van der Waals surface area contributed by atoms with Crippen LogP contribution in [0.5, 0.6) is 0 Å². The van der Waals surface area contributed by atoms with Gasteiger partial charge in [-0.3, -0.25) is 4.79 Å². The number of ether oxygens (including phenoxy) is 1. The molecule has 0 radical (unpaired) electrons. The SMILES string of the molecule is CCCC(C)CC(=O)OC(=O)c1cccc(C(=O)O)c1. The van der Waals surface area contributed by atoms with Gasteiger partial charge in [-0.05, 0) is 24.1 Å². The van der Waals surface area contributed by atoms with Crippen molar-refractivity contribution in [3.63, 3.8) is 0 Å². The quantitative estimate of drug-likeness (QED) is 0.639. The first-order chi connectivity index (χ1) is 9.43. The number of carboxylic acids is 1. The molecule has 0 aliphatic carbocycles. The number of aromatic carboxylic acids is 1. The summed E-state index contributed by atoms with van der Waals surface area (Å²) in [6.45, 7) is 3.94. The Labute approximate surface area is 117 Å². The fourth-order valence-electron chi connectivity index (χ4n) is 1.86. The fourth-order valence-corrected chi connectivity index (χ4v) is 1.86. The zero-order chi connectivity index (χ0) is 15.1. The number of hydrogen-bond donors (Lipinski definition) is 1. The van der Waals surface area contributed by atoms with E-state index in [0.717, 1.165) is 12.8 Å². The zero-order valence-electron chi connectivity index (χ0n) is 11.6. The number of carbonyl (C=O) groups is 3. The van der Waals surface area contributed by atoms with E-state index in [9.17, 15) is 14.4 Å². The maximum atomic E-state index is 11.7. The van der Waals surface area contributed by atoms with Crippen LogP contribution in [-0.4, -0.2) is 23.0 Å². The zero-order valence-corrected chi connectivity index (χ0v) is 11.6. The van der Waals surface area contributed by atoms with Crippen molar-refractivity contribution in [1.82, 2.24) is 0 Å². The molecular weight excluding hydrogens is 260 g/mol. The smallest absolute Gasteiger partial charge is 0.345 e. The van der Waals surface area contributed by atoms with Gasteiger partial charge >= 0.3 is 17.9 Å². The van der Waals surface area contributed by atoms with Crippen molar-refractivity contribution in [3.8, 4) is 0 Å². The molecule has 5 nitrogen and oxygen atoms in total. The third kappa shape index (κ3) is 4.84. The number of carbonyl (C=O) groups excluding carboxylic acids is 2. The average molecular weight is 278 g/mol. The van der Waals surface area contributed by atoms with Crippen LogP contribution in [-0.2, 0) is 9.53 Å². The number of carboxylic acid groups (broad SMARTS) is 1. The molecule has 0 amide bonds. The van der Waals surface area contributed by atoms with E-state index in [0.29, 0.717) is 0 Å². The topological polar surface area (TPSA) is 80.7 Å². The number of esters is 2. The first-order valence-corrected chi connectivity index (χ1v) is 6.52. The molecule has 1 atom stereocenters. The predicted octanol–water partition coefficient (Wildman–Crippen LogP) is 2.89. The lowest BCUT2D eigenvalue weighted by Gasteiger charge is -2.08. The Kier molecular flexibility index (Phi) is 5.90. The number of hydrogen-bond acceptors (Lipinski definition) is 4. The largest absolute Gasteiger partial charge is 0.478 e. The lowest BCUT2D eigenvalue weighted by Crippen LogP contribution is -2.15. The Balaban J connectivity index is 2.64. The second-order valence-corrected chi connectivity index (χ2v) is 4.75. The second kappa shape index (κ2) is 7.43. The normalized spacial score (nSPS) is 11.7. The van der Waals surface area contributed by atoms with Gasteiger partial charge in [0.2, 0.25) is 0 Å². The maximum absolute atomic E-state index is 11.7. The molecule has 0 aliphatic heterocycles. The molecule has 0 aromatic heterocycles. The fraction of sp³-hybridized carbons (Fsp3) is 0.400. The van der Waals surface area contributed by atoms with Crippen LogP contribution in [0.1, 0.15) is 53.8 Å². The molecule has 0 saturated carbocycles. The molecular formula is C15H18O5. The van der Waals surface area contributed by atoms with Gasteiger partial charge in [0.1, 0.15) is 0 Å². The first kappa shape index (κ1) is 15.9. The summed E-state index contributed by atoms with van der Waals surface area (Å²) in [4.78, 5) is 34.1. The third-order valence-corrected chi connectivity index (χ3v) is 2.85. The molecule has 1 N–H and O–H groups in total. The third-order valence-electron chi connectivity index (χ3n) is 2.85. The molecule has 1 rings (SSSR count).